The predicted octanol–water partition coefficient (Wildman–Crippen LogP) is 0.753. The number of benzene rings is 1. The molecular weight excluding hydrogens is 192 g/mol. The van der Waals surface area contributed by atoms with Gasteiger partial charge in [0.25, 0.3) is 5.91 Å². The zero-order valence-electron chi connectivity index (χ0n) is 7.83. The monoisotopic (exact) mass is 200 g/mol. The third-order valence-electron chi connectivity index (χ3n) is 2.12. The first-order valence-corrected chi connectivity index (χ1v) is 4.39. The van der Waals surface area contributed by atoms with E-state index in [1.165, 1.54) is 0 Å². The molecule has 15 heavy (non-hydrogen) atoms. The zero-order valence-corrected chi connectivity index (χ0v) is 7.83. The lowest BCUT2D eigenvalue weighted by molar-refractivity contribution is -0.115. The van der Waals surface area contributed by atoms with Crippen molar-refractivity contribution in [1.82, 2.24) is 0 Å². The Labute approximate surface area is 86.7 Å². The minimum atomic E-state index is -0.493. The maximum absolute atomic E-state index is 11.1. The van der Waals surface area contributed by atoms with E-state index in [2.05, 4.69) is 10.6 Å². The average Bonchev–Trinajstić information content (AvgIpc) is 2.57. The van der Waals surface area contributed by atoms with Crippen molar-refractivity contribution < 1.29 is 9.59 Å². The number of hydrogen-bond acceptors (Lipinski definition) is 2. The van der Waals surface area contributed by atoms with Crippen LogP contribution in [0.5, 0.6) is 0 Å². The van der Waals surface area contributed by atoms with Gasteiger partial charge in [-0.3, -0.25) is 9.59 Å². The van der Waals surface area contributed by atoms with Gasteiger partial charge in [0, 0.05) is 11.4 Å². The molecule has 1 aliphatic heterocycles. The van der Waals surface area contributed by atoms with Gasteiger partial charge in [0.1, 0.15) is 0 Å². The molecular formula is C11H8N2O2. The molecule has 1 aromatic carbocycles. The van der Waals surface area contributed by atoms with E-state index in [4.69, 9.17) is 6.42 Å². The number of hydrogen-bond donors (Lipinski definition) is 2. The number of carbonyl (C=O) groups excluding carboxylic acids is 2. The standard InChI is InChI=1S/C11H8N2O2/c1-2-10(14)12-8-3-4-9-7(5-8)6-11(15)13-9/h1,3-5H,6H2,(H,12,14)(H,13,15). The molecule has 74 valence electrons. The fourth-order valence-corrected chi connectivity index (χ4v) is 1.47. The van der Waals surface area contributed by atoms with Crippen LogP contribution in [0.1, 0.15) is 5.56 Å². The molecule has 4 nitrogen and oxygen atoms in total. The lowest BCUT2D eigenvalue weighted by Crippen LogP contribution is -2.07. The molecule has 0 saturated heterocycles. The van der Waals surface area contributed by atoms with Crippen molar-refractivity contribution in [1.29, 1.82) is 0 Å². The number of nitrogens with one attached hydrogen (secondary N) is 2. The zero-order chi connectivity index (χ0) is 10.8. The minimum absolute atomic E-state index is 0.0366. The topological polar surface area (TPSA) is 58.2 Å². The Morgan fingerprint density at radius 1 is 1.53 bits per heavy atom. The summed E-state index contributed by atoms with van der Waals surface area (Å²) >= 11 is 0. The van der Waals surface area contributed by atoms with Gasteiger partial charge in [0.05, 0.1) is 6.42 Å². The molecule has 0 aromatic heterocycles. The smallest absolute Gasteiger partial charge is 0.300 e. The summed E-state index contributed by atoms with van der Waals surface area (Å²) in [6.45, 7) is 0. The Kier molecular flexibility index (Phi) is 2.14. The van der Waals surface area contributed by atoms with Crippen molar-refractivity contribution >= 4 is 23.2 Å². The van der Waals surface area contributed by atoms with Crippen molar-refractivity contribution in [3.05, 3.63) is 23.8 Å². The second kappa shape index (κ2) is 3.46. The van der Waals surface area contributed by atoms with Gasteiger partial charge < -0.3 is 10.6 Å². The van der Waals surface area contributed by atoms with E-state index in [9.17, 15) is 9.59 Å². The number of anilines is 2. The summed E-state index contributed by atoms with van der Waals surface area (Å²) in [6.07, 6.45) is 5.27. The van der Waals surface area contributed by atoms with Crippen LogP contribution in [0.3, 0.4) is 0 Å². The van der Waals surface area contributed by atoms with Crippen molar-refractivity contribution in [3.8, 4) is 12.3 Å². The van der Waals surface area contributed by atoms with Gasteiger partial charge in [0.15, 0.2) is 0 Å². The predicted molar refractivity (Wildman–Crippen MR) is 56.2 cm³/mol. The molecule has 2 N–H and O–H groups in total. The van der Waals surface area contributed by atoms with Crippen molar-refractivity contribution in [2.24, 2.45) is 0 Å². The highest BCUT2D eigenvalue weighted by atomic mass is 16.2. The quantitative estimate of drug-likeness (QED) is 0.657. The first kappa shape index (κ1) is 9.28. The van der Waals surface area contributed by atoms with Gasteiger partial charge in [-0.25, -0.2) is 0 Å². The molecule has 0 fully saturated rings. The van der Waals surface area contributed by atoms with Crippen LogP contribution in [0, 0.1) is 12.3 Å². The summed E-state index contributed by atoms with van der Waals surface area (Å²) in [5.74, 6) is 1.43. The Balaban J connectivity index is 2.24. The van der Waals surface area contributed by atoms with Crippen LogP contribution in [0.25, 0.3) is 0 Å². The van der Waals surface area contributed by atoms with Gasteiger partial charge >= 0.3 is 0 Å². The number of fused-ring (bicyclic) bond motifs is 1. The van der Waals surface area contributed by atoms with Gasteiger partial charge in [-0.05, 0) is 29.7 Å². The summed E-state index contributed by atoms with van der Waals surface area (Å²) < 4.78 is 0. The molecule has 1 aliphatic rings. The van der Waals surface area contributed by atoms with Crippen LogP contribution >= 0.6 is 0 Å². The third kappa shape index (κ3) is 1.81. The molecule has 1 heterocycles. The SMILES string of the molecule is C#CC(=O)Nc1ccc2c(c1)CC(=O)N2. The number of amides is 2. The second-order valence-corrected chi connectivity index (χ2v) is 3.20. The largest absolute Gasteiger partial charge is 0.326 e. The van der Waals surface area contributed by atoms with Crippen LogP contribution in [-0.2, 0) is 16.0 Å². The molecule has 0 aliphatic carbocycles. The maximum Gasteiger partial charge on any atom is 0.300 e. The maximum atomic E-state index is 11.1. The highest BCUT2D eigenvalue weighted by Gasteiger charge is 2.17. The Bertz CT molecular complexity index is 486. The van der Waals surface area contributed by atoms with E-state index in [1.54, 1.807) is 18.2 Å². The molecule has 0 saturated carbocycles. The van der Waals surface area contributed by atoms with Crippen LogP contribution in [0.4, 0.5) is 11.4 Å². The second-order valence-electron chi connectivity index (χ2n) is 3.20. The van der Waals surface area contributed by atoms with Crippen LogP contribution in [0.2, 0.25) is 0 Å². The molecule has 2 amide bonds. The average molecular weight is 200 g/mol. The van der Waals surface area contributed by atoms with E-state index in [-0.39, 0.29) is 5.91 Å². The lowest BCUT2D eigenvalue weighted by Gasteiger charge is -2.03. The number of carbonyl (C=O) groups is 2. The summed E-state index contributed by atoms with van der Waals surface area (Å²) in [4.78, 5) is 22.0. The highest BCUT2D eigenvalue weighted by Crippen LogP contribution is 2.25. The lowest BCUT2D eigenvalue weighted by atomic mass is 10.1. The van der Waals surface area contributed by atoms with E-state index < -0.39 is 5.91 Å². The van der Waals surface area contributed by atoms with Crippen molar-refractivity contribution in [2.45, 2.75) is 6.42 Å². The normalized spacial score (nSPS) is 12.6. The van der Waals surface area contributed by atoms with Crippen molar-refractivity contribution in [2.75, 3.05) is 10.6 Å². The van der Waals surface area contributed by atoms with Gasteiger partial charge in [-0.1, -0.05) is 0 Å². The third-order valence-corrected chi connectivity index (χ3v) is 2.12. The molecule has 0 radical (unpaired) electrons. The van der Waals surface area contributed by atoms with Crippen molar-refractivity contribution in [3.63, 3.8) is 0 Å². The minimum Gasteiger partial charge on any atom is -0.326 e. The fraction of sp³-hybridized carbons (Fsp3) is 0.0909. The molecule has 4 heteroatoms. The van der Waals surface area contributed by atoms with Crippen LogP contribution in [-0.4, -0.2) is 11.8 Å². The summed E-state index contributed by atoms with van der Waals surface area (Å²) in [6, 6.07) is 5.18. The van der Waals surface area contributed by atoms with Crippen LogP contribution in [0.15, 0.2) is 18.2 Å². The number of rotatable bonds is 1. The summed E-state index contributed by atoms with van der Waals surface area (Å²) in [7, 11) is 0. The van der Waals surface area contributed by atoms with Crippen LogP contribution < -0.4 is 10.6 Å². The Morgan fingerprint density at radius 2 is 2.33 bits per heavy atom. The van der Waals surface area contributed by atoms with Gasteiger partial charge in [-0.2, -0.15) is 0 Å². The number of terminal acetylenes is 1. The Morgan fingerprint density at radius 3 is 3.07 bits per heavy atom. The van der Waals surface area contributed by atoms with E-state index in [0.717, 1.165) is 11.3 Å². The summed E-state index contributed by atoms with van der Waals surface area (Å²) in [5, 5.41) is 5.22. The van der Waals surface area contributed by atoms with E-state index in [0.29, 0.717) is 12.1 Å². The van der Waals surface area contributed by atoms with E-state index in [1.807, 2.05) is 5.92 Å². The first-order valence-electron chi connectivity index (χ1n) is 4.39. The molecule has 0 unspecified atom stereocenters. The summed E-state index contributed by atoms with van der Waals surface area (Å²) in [5.41, 5.74) is 2.27. The first-order chi connectivity index (χ1) is 7.19. The molecule has 0 bridgehead atoms. The fourth-order valence-electron chi connectivity index (χ4n) is 1.47. The molecule has 0 atom stereocenters. The van der Waals surface area contributed by atoms with Gasteiger partial charge in [0.2, 0.25) is 5.91 Å². The highest BCUT2D eigenvalue weighted by molar-refractivity contribution is 6.04. The molecule has 2 rings (SSSR count). The van der Waals surface area contributed by atoms with Gasteiger partial charge in [-0.15, -0.1) is 6.42 Å². The molecule has 1 aromatic rings. The van der Waals surface area contributed by atoms with E-state index >= 15 is 0 Å². The Hall–Kier alpha value is -2.28. The molecule has 0 spiro atoms.